The SMILES string of the molecule is COc1cc(C(=O)Nc2cnn(-c3ccccc3)c2C)cc(Cl)c1OC. The molecule has 0 bridgehead atoms. The molecule has 6 nitrogen and oxygen atoms in total. The molecule has 0 aliphatic carbocycles. The maximum Gasteiger partial charge on any atom is 0.255 e. The number of hydrogen-bond donors (Lipinski definition) is 1. The summed E-state index contributed by atoms with van der Waals surface area (Å²) in [4.78, 5) is 12.6. The molecular weight excluding hydrogens is 354 g/mol. The Morgan fingerprint density at radius 1 is 1.15 bits per heavy atom. The highest BCUT2D eigenvalue weighted by Gasteiger charge is 2.17. The number of para-hydroxylation sites is 1. The first-order chi connectivity index (χ1) is 12.5. The first-order valence-corrected chi connectivity index (χ1v) is 8.26. The lowest BCUT2D eigenvalue weighted by molar-refractivity contribution is 0.102. The Kier molecular flexibility index (Phi) is 5.14. The second kappa shape index (κ2) is 7.49. The van der Waals surface area contributed by atoms with E-state index in [0.29, 0.717) is 27.8 Å². The Morgan fingerprint density at radius 3 is 2.54 bits per heavy atom. The molecule has 3 rings (SSSR count). The molecule has 0 spiro atoms. The van der Waals surface area contributed by atoms with Crippen molar-refractivity contribution in [1.82, 2.24) is 9.78 Å². The van der Waals surface area contributed by atoms with Crippen molar-refractivity contribution in [2.45, 2.75) is 6.92 Å². The summed E-state index contributed by atoms with van der Waals surface area (Å²) in [5.41, 5.74) is 2.71. The number of halogens is 1. The van der Waals surface area contributed by atoms with E-state index < -0.39 is 0 Å². The lowest BCUT2D eigenvalue weighted by atomic mass is 10.2. The molecule has 0 aliphatic rings. The zero-order chi connectivity index (χ0) is 18.7. The fraction of sp³-hybridized carbons (Fsp3) is 0.158. The topological polar surface area (TPSA) is 65.4 Å². The molecule has 7 heteroatoms. The van der Waals surface area contributed by atoms with E-state index >= 15 is 0 Å². The van der Waals surface area contributed by atoms with Gasteiger partial charge in [0.25, 0.3) is 5.91 Å². The maximum atomic E-state index is 12.6. The zero-order valence-corrected chi connectivity index (χ0v) is 15.4. The number of methoxy groups -OCH3 is 2. The highest BCUT2D eigenvalue weighted by Crippen LogP contribution is 2.36. The van der Waals surface area contributed by atoms with Gasteiger partial charge in [-0.3, -0.25) is 4.79 Å². The quantitative estimate of drug-likeness (QED) is 0.733. The molecule has 1 heterocycles. The molecule has 0 fully saturated rings. The summed E-state index contributed by atoms with van der Waals surface area (Å²) in [7, 11) is 2.98. The smallest absolute Gasteiger partial charge is 0.255 e. The van der Waals surface area contributed by atoms with Crippen molar-refractivity contribution in [2.75, 3.05) is 19.5 Å². The van der Waals surface area contributed by atoms with Gasteiger partial charge in [0.15, 0.2) is 11.5 Å². The van der Waals surface area contributed by atoms with Gasteiger partial charge in [0.2, 0.25) is 0 Å². The number of hydrogen-bond acceptors (Lipinski definition) is 4. The van der Waals surface area contributed by atoms with Gasteiger partial charge in [0, 0.05) is 5.56 Å². The number of carbonyl (C=O) groups is 1. The number of nitrogens with one attached hydrogen (secondary N) is 1. The van der Waals surface area contributed by atoms with Crippen LogP contribution >= 0.6 is 11.6 Å². The van der Waals surface area contributed by atoms with Crippen LogP contribution in [0.3, 0.4) is 0 Å². The van der Waals surface area contributed by atoms with E-state index in [9.17, 15) is 4.79 Å². The molecule has 0 unspecified atom stereocenters. The number of benzene rings is 2. The number of amides is 1. The fourth-order valence-corrected chi connectivity index (χ4v) is 2.89. The average Bonchev–Trinajstić information content (AvgIpc) is 3.02. The number of nitrogens with zero attached hydrogens (tertiary/aromatic N) is 2. The third-order valence-corrected chi connectivity index (χ3v) is 4.24. The van der Waals surface area contributed by atoms with Crippen molar-refractivity contribution >= 4 is 23.2 Å². The first-order valence-electron chi connectivity index (χ1n) is 7.88. The van der Waals surface area contributed by atoms with Crippen molar-refractivity contribution < 1.29 is 14.3 Å². The largest absolute Gasteiger partial charge is 0.493 e. The van der Waals surface area contributed by atoms with Gasteiger partial charge in [-0.2, -0.15) is 5.10 Å². The van der Waals surface area contributed by atoms with Crippen molar-refractivity contribution in [3.05, 3.63) is 64.9 Å². The Bertz CT molecular complexity index is 939. The van der Waals surface area contributed by atoms with Crippen LogP contribution < -0.4 is 14.8 Å². The lowest BCUT2D eigenvalue weighted by Gasteiger charge is -2.12. The average molecular weight is 372 g/mol. The first kappa shape index (κ1) is 17.8. The summed E-state index contributed by atoms with van der Waals surface area (Å²) >= 11 is 6.17. The van der Waals surface area contributed by atoms with E-state index in [1.54, 1.807) is 16.9 Å². The normalized spacial score (nSPS) is 10.5. The molecule has 0 saturated heterocycles. The monoisotopic (exact) mass is 371 g/mol. The van der Waals surface area contributed by atoms with Crippen LogP contribution in [-0.2, 0) is 0 Å². The number of rotatable bonds is 5. The molecule has 0 aliphatic heterocycles. The van der Waals surface area contributed by atoms with Crippen molar-refractivity contribution in [1.29, 1.82) is 0 Å². The van der Waals surface area contributed by atoms with Gasteiger partial charge in [-0.1, -0.05) is 29.8 Å². The Balaban J connectivity index is 1.87. The third-order valence-electron chi connectivity index (χ3n) is 3.95. The van der Waals surface area contributed by atoms with Crippen LogP contribution in [-0.4, -0.2) is 29.9 Å². The third kappa shape index (κ3) is 3.36. The van der Waals surface area contributed by atoms with Crippen LogP contribution in [0.1, 0.15) is 16.1 Å². The van der Waals surface area contributed by atoms with Gasteiger partial charge < -0.3 is 14.8 Å². The number of anilines is 1. The minimum absolute atomic E-state index is 0.300. The molecule has 1 amide bonds. The molecule has 0 radical (unpaired) electrons. The highest BCUT2D eigenvalue weighted by atomic mass is 35.5. The van der Waals surface area contributed by atoms with E-state index in [0.717, 1.165) is 11.4 Å². The molecule has 0 saturated carbocycles. The molecule has 0 atom stereocenters. The van der Waals surface area contributed by atoms with Crippen LogP contribution in [0.25, 0.3) is 5.69 Å². The van der Waals surface area contributed by atoms with Crippen LogP contribution in [0.4, 0.5) is 5.69 Å². The van der Waals surface area contributed by atoms with Gasteiger partial charge in [-0.15, -0.1) is 0 Å². The minimum Gasteiger partial charge on any atom is -0.493 e. The minimum atomic E-state index is -0.316. The summed E-state index contributed by atoms with van der Waals surface area (Å²) < 4.78 is 12.2. The van der Waals surface area contributed by atoms with E-state index in [4.69, 9.17) is 21.1 Å². The Morgan fingerprint density at radius 2 is 1.88 bits per heavy atom. The van der Waals surface area contributed by atoms with Gasteiger partial charge in [-0.05, 0) is 31.2 Å². The highest BCUT2D eigenvalue weighted by molar-refractivity contribution is 6.32. The summed E-state index contributed by atoms with van der Waals surface area (Å²) in [5.74, 6) is 0.462. The van der Waals surface area contributed by atoms with Gasteiger partial charge in [0.1, 0.15) is 0 Å². The summed E-state index contributed by atoms with van der Waals surface area (Å²) in [6.45, 7) is 1.89. The second-order valence-electron chi connectivity index (χ2n) is 5.54. The van der Waals surface area contributed by atoms with Crippen molar-refractivity contribution in [3.63, 3.8) is 0 Å². The molecule has 2 aromatic carbocycles. The molecule has 3 aromatic rings. The van der Waals surface area contributed by atoms with Crippen LogP contribution in [0.5, 0.6) is 11.5 Å². The summed E-state index contributed by atoms with van der Waals surface area (Å²) in [6, 6.07) is 12.8. The van der Waals surface area contributed by atoms with Gasteiger partial charge >= 0.3 is 0 Å². The number of aromatic nitrogens is 2. The molecule has 26 heavy (non-hydrogen) atoms. The van der Waals surface area contributed by atoms with Crippen molar-refractivity contribution in [3.8, 4) is 17.2 Å². The number of ether oxygens (including phenoxy) is 2. The van der Waals surface area contributed by atoms with Crippen molar-refractivity contribution in [2.24, 2.45) is 0 Å². The molecular formula is C19H18ClN3O3. The van der Waals surface area contributed by atoms with E-state index in [1.165, 1.54) is 20.3 Å². The molecule has 1 N–H and O–H groups in total. The van der Waals surface area contributed by atoms with Crippen LogP contribution in [0.2, 0.25) is 5.02 Å². The van der Waals surface area contributed by atoms with E-state index in [2.05, 4.69) is 10.4 Å². The van der Waals surface area contributed by atoms with Crippen LogP contribution in [0, 0.1) is 6.92 Å². The van der Waals surface area contributed by atoms with Gasteiger partial charge in [0.05, 0.1) is 42.5 Å². The predicted molar refractivity (Wildman–Crippen MR) is 101 cm³/mol. The summed E-state index contributed by atoms with van der Waals surface area (Å²) in [5, 5.41) is 7.50. The van der Waals surface area contributed by atoms with E-state index in [1.807, 2.05) is 37.3 Å². The maximum absolute atomic E-state index is 12.6. The standard InChI is InChI=1S/C19H18ClN3O3/c1-12-16(11-21-23(12)14-7-5-4-6-8-14)22-19(24)13-9-15(20)18(26-3)17(10-13)25-2/h4-11H,1-3H3,(H,22,24). The summed E-state index contributed by atoms with van der Waals surface area (Å²) in [6.07, 6.45) is 1.61. The lowest BCUT2D eigenvalue weighted by Crippen LogP contribution is -2.13. The Labute approximate surface area is 156 Å². The fourth-order valence-electron chi connectivity index (χ4n) is 2.61. The number of carbonyl (C=O) groups excluding carboxylic acids is 1. The van der Waals surface area contributed by atoms with E-state index in [-0.39, 0.29) is 5.91 Å². The zero-order valence-electron chi connectivity index (χ0n) is 14.6. The Hall–Kier alpha value is -2.99. The molecule has 134 valence electrons. The van der Waals surface area contributed by atoms with Gasteiger partial charge in [-0.25, -0.2) is 4.68 Å². The predicted octanol–water partition coefficient (Wildman–Crippen LogP) is 4.10. The second-order valence-corrected chi connectivity index (χ2v) is 5.95. The molecule has 1 aromatic heterocycles. The van der Waals surface area contributed by atoms with Crippen LogP contribution in [0.15, 0.2) is 48.7 Å².